The second-order valence-electron chi connectivity index (χ2n) is 3.59. The lowest BCUT2D eigenvalue weighted by atomic mass is 10.0. The Balaban J connectivity index is 2.69. The van der Waals surface area contributed by atoms with Crippen LogP contribution in [0.3, 0.4) is 0 Å². The third-order valence-electron chi connectivity index (χ3n) is 2.58. The molecule has 2 nitrogen and oxygen atoms in total. The topological polar surface area (TPSA) is 30.0 Å². The average Bonchev–Trinajstić information content (AvgIpc) is 2.33. The summed E-state index contributed by atoms with van der Waals surface area (Å²) in [7, 11) is 0. The predicted molar refractivity (Wildman–Crippen MR) is 59.7 cm³/mol. The number of benzene rings is 1. The highest BCUT2D eigenvalue weighted by atomic mass is 19.2. The maximum absolute atomic E-state index is 13.6. The molecule has 0 fully saturated rings. The molecule has 4 heteroatoms. The van der Waals surface area contributed by atoms with Crippen LogP contribution < -0.4 is 0 Å². The van der Waals surface area contributed by atoms with Crippen LogP contribution in [0.5, 0.6) is 0 Å². The van der Waals surface area contributed by atoms with E-state index in [0.29, 0.717) is 17.4 Å². The van der Waals surface area contributed by atoms with E-state index in [1.165, 1.54) is 24.4 Å². The fourth-order valence-electron chi connectivity index (χ4n) is 1.64. The Hall–Kier alpha value is -2.10. The first kappa shape index (κ1) is 11.4. The molecule has 0 saturated heterocycles. The zero-order valence-corrected chi connectivity index (χ0v) is 9.08. The molecule has 0 atom stereocenters. The summed E-state index contributed by atoms with van der Waals surface area (Å²) in [4.78, 5) is 14.8. The molecule has 0 aliphatic heterocycles. The molecule has 2 rings (SSSR count). The van der Waals surface area contributed by atoms with Crippen LogP contribution in [0, 0.1) is 18.6 Å². The number of rotatable bonds is 2. The molecule has 0 amide bonds. The summed E-state index contributed by atoms with van der Waals surface area (Å²) >= 11 is 0. The van der Waals surface area contributed by atoms with Crippen molar-refractivity contribution in [3.05, 3.63) is 53.2 Å². The molecule has 0 unspecified atom stereocenters. The van der Waals surface area contributed by atoms with Gasteiger partial charge in [0.05, 0.1) is 5.69 Å². The Morgan fingerprint density at radius 3 is 2.71 bits per heavy atom. The lowest BCUT2D eigenvalue weighted by Gasteiger charge is -2.08. The monoisotopic (exact) mass is 233 g/mol. The Bertz CT molecular complexity index is 582. The van der Waals surface area contributed by atoms with E-state index in [9.17, 15) is 13.6 Å². The van der Waals surface area contributed by atoms with Crippen LogP contribution in [0.4, 0.5) is 8.78 Å². The highest BCUT2D eigenvalue weighted by molar-refractivity contribution is 5.81. The first-order valence-corrected chi connectivity index (χ1v) is 5.00. The molecule has 0 saturated carbocycles. The molecule has 1 aromatic heterocycles. The van der Waals surface area contributed by atoms with E-state index in [0.717, 1.165) is 6.07 Å². The minimum Gasteiger partial charge on any atom is -0.298 e. The number of carbonyl (C=O) groups excluding carboxylic acids is 1. The van der Waals surface area contributed by atoms with Gasteiger partial charge in [0.2, 0.25) is 0 Å². The van der Waals surface area contributed by atoms with Crippen LogP contribution in [0.25, 0.3) is 11.3 Å². The maximum Gasteiger partial charge on any atom is 0.168 e. The molecule has 86 valence electrons. The standard InChI is InChI=1S/C13H9F2NO/c1-8-9(7-17)5-6-16-13(8)10-3-2-4-11(14)12(10)15/h2-7H,1H3. The van der Waals surface area contributed by atoms with Crippen LogP contribution in [0.1, 0.15) is 15.9 Å². The van der Waals surface area contributed by atoms with Crippen LogP contribution in [0.15, 0.2) is 30.5 Å². The molecule has 0 N–H and O–H groups in total. The van der Waals surface area contributed by atoms with Crippen molar-refractivity contribution in [3.63, 3.8) is 0 Å². The predicted octanol–water partition coefficient (Wildman–Crippen LogP) is 3.15. The van der Waals surface area contributed by atoms with Gasteiger partial charge >= 0.3 is 0 Å². The molecule has 17 heavy (non-hydrogen) atoms. The van der Waals surface area contributed by atoms with E-state index in [1.54, 1.807) is 6.92 Å². The summed E-state index contributed by atoms with van der Waals surface area (Å²) in [5.41, 5.74) is 1.29. The van der Waals surface area contributed by atoms with Crippen molar-refractivity contribution in [2.24, 2.45) is 0 Å². The van der Waals surface area contributed by atoms with Gasteiger partial charge in [-0.3, -0.25) is 9.78 Å². The lowest BCUT2D eigenvalue weighted by Crippen LogP contribution is -1.97. The number of halogens is 2. The minimum absolute atomic E-state index is 0.0613. The Morgan fingerprint density at radius 2 is 2.00 bits per heavy atom. The fraction of sp³-hybridized carbons (Fsp3) is 0.0769. The van der Waals surface area contributed by atoms with Crippen molar-refractivity contribution in [1.29, 1.82) is 0 Å². The Labute approximate surface area is 96.9 Å². The normalized spacial score (nSPS) is 10.3. The molecular formula is C13H9F2NO. The van der Waals surface area contributed by atoms with Gasteiger partial charge in [-0.05, 0) is 30.7 Å². The number of nitrogens with zero attached hydrogens (tertiary/aromatic N) is 1. The second-order valence-corrected chi connectivity index (χ2v) is 3.59. The quantitative estimate of drug-likeness (QED) is 0.746. The highest BCUT2D eigenvalue weighted by Crippen LogP contribution is 2.26. The lowest BCUT2D eigenvalue weighted by molar-refractivity contribution is 0.112. The van der Waals surface area contributed by atoms with Crippen LogP contribution >= 0.6 is 0 Å². The number of hydrogen-bond donors (Lipinski definition) is 0. The molecule has 0 aliphatic carbocycles. The third kappa shape index (κ3) is 1.93. The van der Waals surface area contributed by atoms with E-state index in [2.05, 4.69) is 4.98 Å². The molecule has 0 aliphatic rings. The summed E-state index contributed by atoms with van der Waals surface area (Å²) < 4.78 is 26.7. The molecule has 0 spiro atoms. The van der Waals surface area contributed by atoms with Crippen LogP contribution in [-0.2, 0) is 0 Å². The number of carbonyl (C=O) groups is 1. The summed E-state index contributed by atoms with van der Waals surface area (Å²) in [5, 5.41) is 0. The van der Waals surface area contributed by atoms with Gasteiger partial charge in [-0.25, -0.2) is 8.78 Å². The molecule has 0 bridgehead atoms. The van der Waals surface area contributed by atoms with Crippen molar-refractivity contribution >= 4 is 6.29 Å². The van der Waals surface area contributed by atoms with Crippen LogP contribution in [0.2, 0.25) is 0 Å². The maximum atomic E-state index is 13.6. The molecule has 0 radical (unpaired) electrons. The minimum atomic E-state index is -0.953. The Kier molecular flexibility index (Phi) is 2.95. The van der Waals surface area contributed by atoms with Gasteiger partial charge in [0.15, 0.2) is 11.6 Å². The molecule has 2 aromatic rings. The zero-order chi connectivity index (χ0) is 12.4. The second kappa shape index (κ2) is 4.41. The highest BCUT2D eigenvalue weighted by Gasteiger charge is 2.14. The number of aldehydes is 1. The SMILES string of the molecule is Cc1c(C=O)ccnc1-c1cccc(F)c1F. The fourth-order valence-corrected chi connectivity index (χ4v) is 1.64. The molecular weight excluding hydrogens is 224 g/mol. The van der Waals surface area contributed by atoms with E-state index in [-0.39, 0.29) is 11.3 Å². The zero-order valence-electron chi connectivity index (χ0n) is 9.08. The first-order chi connectivity index (χ1) is 8.15. The van der Waals surface area contributed by atoms with E-state index >= 15 is 0 Å². The van der Waals surface area contributed by atoms with E-state index in [4.69, 9.17) is 0 Å². The summed E-state index contributed by atoms with van der Waals surface area (Å²) in [6.07, 6.45) is 2.06. The van der Waals surface area contributed by atoms with Crippen molar-refractivity contribution in [1.82, 2.24) is 4.98 Å². The smallest absolute Gasteiger partial charge is 0.168 e. The van der Waals surface area contributed by atoms with Gasteiger partial charge in [-0.2, -0.15) is 0 Å². The number of aromatic nitrogens is 1. The van der Waals surface area contributed by atoms with Crippen molar-refractivity contribution < 1.29 is 13.6 Å². The number of pyridine rings is 1. The summed E-state index contributed by atoms with van der Waals surface area (Å²) in [6.45, 7) is 1.65. The van der Waals surface area contributed by atoms with E-state index < -0.39 is 11.6 Å². The van der Waals surface area contributed by atoms with Gasteiger partial charge in [-0.15, -0.1) is 0 Å². The van der Waals surface area contributed by atoms with Crippen molar-refractivity contribution in [3.8, 4) is 11.3 Å². The summed E-state index contributed by atoms with van der Waals surface area (Å²) in [6, 6.07) is 5.41. The molecule has 1 heterocycles. The van der Waals surface area contributed by atoms with Crippen molar-refractivity contribution in [2.75, 3.05) is 0 Å². The first-order valence-electron chi connectivity index (χ1n) is 5.00. The largest absolute Gasteiger partial charge is 0.298 e. The third-order valence-corrected chi connectivity index (χ3v) is 2.58. The average molecular weight is 233 g/mol. The van der Waals surface area contributed by atoms with Gasteiger partial charge in [0.1, 0.15) is 6.29 Å². The summed E-state index contributed by atoms with van der Waals surface area (Å²) in [5.74, 6) is -1.88. The van der Waals surface area contributed by atoms with Gasteiger partial charge in [0, 0.05) is 17.3 Å². The van der Waals surface area contributed by atoms with Crippen molar-refractivity contribution in [2.45, 2.75) is 6.92 Å². The van der Waals surface area contributed by atoms with E-state index in [1.807, 2.05) is 0 Å². The van der Waals surface area contributed by atoms with Crippen LogP contribution in [-0.4, -0.2) is 11.3 Å². The number of hydrogen-bond acceptors (Lipinski definition) is 2. The molecule has 1 aromatic carbocycles. The van der Waals surface area contributed by atoms with Gasteiger partial charge in [0.25, 0.3) is 0 Å². The Morgan fingerprint density at radius 1 is 1.24 bits per heavy atom. The van der Waals surface area contributed by atoms with Gasteiger partial charge in [-0.1, -0.05) is 6.07 Å². The van der Waals surface area contributed by atoms with Gasteiger partial charge < -0.3 is 0 Å².